The number of hydrogen-bond acceptors (Lipinski definition) is 3. The summed E-state index contributed by atoms with van der Waals surface area (Å²) in [5, 5.41) is 3.05. The Morgan fingerprint density at radius 1 is 1.47 bits per heavy atom. The van der Waals surface area contributed by atoms with E-state index in [0.717, 1.165) is 16.4 Å². The van der Waals surface area contributed by atoms with Crippen molar-refractivity contribution in [1.82, 2.24) is 9.97 Å². The Morgan fingerprint density at radius 3 is 2.87 bits per heavy atom. The summed E-state index contributed by atoms with van der Waals surface area (Å²) >= 11 is 1.63. The molecule has 0 saturated heterocycles. The molecule has 2 aromatic heterocycles. The average molecular weight is 221 g/mol. The lowest BCUT2D eigenvalue weighted by atomic mass is 10.1. The fourth-order valence-corrected chi connectivity index (χ4v) is 2.33. The van der Waals surface area contributed by atoms with Gasteiger partial charge in [-0.25, -0.2) is 4.98 Å². The van der Waals surface area contributed by atoms with Gasteiger partial charge in [0, 0.05) is 11.6 Å². The lowest BCUT2D eigenvalue weighted by Gasteiger charge is -2.11. The van der Waals surface area contributed by atoms with Crippen LogP contribution in [0.25, 0.3) is 11.4 Å². The van der Waals surface area contributed by atoms with Crippen LogP contribution in [0.15, 0.2) is 23.7 Å². The first-order valence-corrected chi connectivity index (χ1v) is 5.91. The number of aromatic amines is 1. The first-order chi connectivity index (χ1) is 7.18. The standard InChI is InChI=1S/C11H15N3S/c1-7(2)10(12)11-14-9(6-15-11)8-4-3-5-13-8/h3-7,10,13H,12H2,1-2H3. The predicted molar refractivity (Wildman–Crippen MR) is 63.7 cm³/mol. The first kappa shape index (κ1) is 10.4. The summed E-state index contributed by atoms with van der Waals surface area (Å²) in [5.74, 6) is 0.424. The van der Waals surface area contributed by atoms with Gasteiger partial charge in [-0.2, -0.15) is 0 Å². The number of nitrogens with two attached hydrogens (primary N) is 1. The summed E-state index contributed by atoms with van der Waals surface area (Å²) in [6, 6.07) is 4.02. The van der Waals surface area contributed by atoms with Gasteiger partial charge in [-0.15, -0.1) is 11.3 Å². The average Bonchev–Trinajstić information content (AvgIpc) is 2.86. The van der Waals surface area contributed by atoms with Gasteiger partial charge in [0.2, 0.25) is 0 Å². The zero-order valence-electron chi connectivity index (χ0n) is 8.90. The zero-order chi connectivity index (χ0) is 10.8. The van der Waals surface area contributed by atoms with Crippen molar-refractivity contribution in [1.29, 1.82) is 0 Å². The lowest BCUT2D eigenvalue weighted by Crippen LogP contribution is -2.16. The van der Waals surface area contributed by atoms with E-state index in [-0.39, 0.29) is 6.04 Å². The molecule has 3 nitrogen and oxygen atoms in total. The van der Waals surface area contributed by atoms with Crippen molar-refractivity contribution in [3.63, 3.8) is 0 Å². The summed E-state index contributed by atoms with van der Waals surface area (Å²) in [7, 11) is 0. The van der Waals surface area contributed by atoms with Gasteiger partial charge in [0.05, 0.1) is 17.4 Å². The number of aromatic nitrogens is 2. The van der Waals surface area contributed by atoms with E-state index >= 15 is 0 Å². The Labute approximate surface area is 93.4 Å². The summed E-state index contributed by atoms with van der Waals surface area (Å²) in [6.45, 7) is 4.22. The van der Waals surface area contributed by atoms with E-state index in [1.807, 2.05) is 23.7 Å². The minimum atomic E-state index is 0.0405. The maximum absolute atomic E-state index is 6.04. The molecule has 2 aromatic rings. The molecule has 0 radical (unpaired) electrons. The molecule has 0 aliphatic heterocycles. The van der Waals surface area contributed by atoms with Crippen LogP contribution < -0.4 is 5.73 Å². The fourth-order valence-electron chi connectivity index (χ4n) is 1.34. The second-order valence-electron chi connectivity index (χ2n) is 3.92. The first-order valence-electron chi connectivity index (χ1n) is 5.03. The Bertz CT molecular complexity index is 417. The Hall–Kier alpha value is -1.13. The molecule has 1 unspecified atom stereocenters. The van der Waals surface area contributed by atoms with Crippen LogP contribution in [0.3, 0.4) is 0 Å². The molecule has 2 rings (SSSR count). The van der Waals surface area contributed by atoms with Gasteiger partial charge in [-0.1, -0.05) is 13.8 Å². The molecule has 3 N–H and O–H groups in total. The molecule has 0 aliphatic carbocycles. The molecule has 80 valence electrons. The molecule has 0 bridgehead atoms. The third-order valence-electron chi connectivity index (χ3n) is 2.40. The van der Waals surface area contributed by atoms with Crippen LogP contribution in [0.1, 0.15) is 24.9 Å². The van der Waals surface area contributed by atoms with Crippen LogP contribution in [0.4, 0.5) is 0 Å². The van der Waals surface area contributed by atoms with Crippen LogP contribution in [0, 0.1) is 5.92 Å². The predicted octanol–water partition coefficient (Wildman–Crippen LogP) is 2.79. The van der Waals surface area contributed by atoms with Gasteiger partial charge in [-0.3, -0.25) is 0 Å². The van der Waals surface area contributed by atoms with E-state index < -0.39 is 0 Å². The number of rotatable bonds is 3. The lowest BCUT2D eigenvalue weighted by molar-refractivity contribution is 0.512. The third kappa shape index (κ3) is 2.11. The normalized spacial score (nSPS) is 13.3. The van der Waals surface area contributed by atoms with Crippen molar-refractivity contribution < 1.29 is 0 Å². The molecule has 4 heteroatoms. The quantitative estimate of drug-likeness (QED) is 0.837. The van der Waals surface area contributed by atoms with Crippen molar-refractivity contribution in [2.24, 2.45) is 11.7 Å². The number of nitrogens with zero attached hydrogens (tertiary/aromatic N) is 1. The molecule has 0 amide bonds. The van der Waals surface area contributed by atoms with Crippen molar-refractivity contribution >= 4 is 11.3 Å². The molecule has 0 saturated carbocycles. The number of H-pyrrole nitrogens is 1. The van der Waals surface area contributed by atoms with Gasteiger partial charge < -0.3 is 10.7 Å². The summed E-state index contributed by atoms with van der Waals surface area (Å²) < 4.78 is 0. The SMILES string of the molecule is CC(C)C(N)c1nc(-c2ccc[nH]2)cs1. The molecule has 0 fully saturated rings. The van der Waals surface area contributed by atoms with E-state index in [0.29, 0.717) is 5.92 Å². The summed E-state index contributed by atoms with van der Waals surface area (Å²) in [6.07, 6.45) is 1.90. The molecular weight excluding hydrogens is 206 g/mol. The highest BCUT2D eigenvalue weighted by molar-refractivity contribution is 7.10. The Morgan fingerprint density at radius 2 is 2.27 bits per heavy atom. The highest BCUT2D eigenvalue weighted by Gasteiger charge is 2.15. The number of hydrogen-bond donors (Lipinski definition) is 2. The van der Waals surface area contributed by atoms with Crippen LogP contribution in [-0.2, 0) is 0 Å². The van der Waals surface area contributed by atoms with Gasteiger partial charge in [0.25, 0.3) is 0 Å². The summed E-state index contributed by atoms with van der Waals surface area (Å²) in [4.78, 5) is 7.67. The van der Waals surface area contributed by atoms with Crippen LogP contribution in [-0.4, -0.2) is 9.97 Å². The van der Waals surface area contributed by atoms with Crippen LogP contribution >= 0.6 is 11.3 Å². The second kappa shape index (κ2) is 4.16. The largest absolute Gasteiger partial charge is 0.360 e. The second-order valence-corrected chi connectivity index (χ2v) is 4.81. The van der Waals surface area contributed by atoms with Crippen molar-refractivity contribution in [3.8, 4) is 11.4 Å². The smallest absolute Gasteiger partial charge is 0.110 e. The van der Waals surface area contributed by atoms with E-state index in [4.69, 9.17) is 5.73 Å². The minimum Gasteiger partial charge on any atom is -0.360 e. The van der Waals surface area contributed by atoms with E-state index in [1.54, 1.807) is 11.3 Å². The minimum absolute atomic E-state index is 0.0405. The van der Waals surface area contributed by atoms with Crippen molar-refractivity contribution in [2.75, 3.05) is 0 Å². The third-order valence-corrected chi connectivity index (χ3v) is 3.35. The molecule has 0 aromatic carbocycles. The molecule has 0 spiro atoms. The monoisotopic (exact) mass is 221 g/mol. The van der Waals surface area contributed by atoms with Gasteiger partial charge in [-0.05, 0) is 18.1 Å². The van der Waals surface area contributed by atoms with Crippen molar-refractivity contribution in [2.45, 2.75) is 19.9 Å². The number of nitrogens with one attached hydrogen (secondary N) is 1. The molecule has 1 atom stereocenters. The fraction of sp³-hybridized carbons (Fsp3) is 0.364. The van der Waals surface area contributed by atoms with E-state index in [9.17, 15) is 0 Å². The van der Waals surface area contributed by atoms with E-state index in [1.165, 1.54) is 0 Å². The maximum Gasteiger partial charge on any atom is 0.110 e. The molecule has 0 aliphatic rings. The highest BCUT2D eigenvalue weighted by atomic mass is 32.1. The van der Waals surface area contributed by atoms with Crippen LogP contribution in [0.2, 0.25) is 0 Å². The summed E-state index contributed by atoms with van der Waals surface area (Å²) in [5.41, 5.74) is 8.07. The van der Waals surface area contributed by atoms with Crippen molar-refractivity contribution in [3.05, 3.63) is 28.7 Å². The molecule has 2 heterocycles. The van der Waals surface area contributed by atoms with Gasteiger partial charge in [0.15, 0.2) is 0 Å². The molecular formula is C11H15N3S. The Kier molecular flexibility index (Phi) is 2.88. The maximum atomic E-state index is 6.04. The number of thiazole rings is 1. The van der Waals surface area contributed by atoms with Gasteiger partial charge in [0.1, 0.15) is 5.01 Å². The topological polar surface area (TPSA) is 54.7 Å². The zero-order valence-corrected chi connectivity index (χ0v) is 9.71. The highest BCUT2D eigenvalue weighted by Crippen LogP contribution is 2.26. The molecule has 15 heavy (non-hydrogen) atoms. The van der Waals surface area contributed by atoms with Crippen LogP contribution in [0.5, 0.6) is 0 Å². The van der Waals surface area contributed by atoms with E-state index in [2.05, 4.69) is 23.8 Å². The van der Waals surface area contributed by atoms with Gasteiger partial charge >= 0.3 is 0 Å². The Balaban J connectivity index is 2.25.